The summed E-state index contributed by atoms with van der Waals surface area (Å²) in [6.45, 7) is 8.92. The Labute approximate surface area is 121 Å². The normalized spacial score (nSPS) is 12.2. The van der Waals surface area contributed by atoms with Crippen LogP contribution in [0.25, 0.3) is 0 Å². The molecule has 0 heterocycles. The Balaban J connectivity index is 2.34. The fourth-order valence-electron chi connectivity index (χ4n) is 1.69. The van der Waals surface area contributed by atoms with Crippen LogP contribution < -0.4 is 15.4 Å². The van der Waals surface area contributed by atoms with E-state index >= 15 is 0 Å². The van der Waals surface area contributed by atoms with Crippen LogP contribution in [0.1, 0.15) is 40.5 Å². The minimum Gasteiger partial charge on any atom is -0.491 e. The van der Waals surface area contributed by atoms with E-state index in [0.29, 0.717) is 19.0 Å². The monoisotopic (exact) mass is 278 g/mol. The topological polar surface area (TPSA) is 50.4 Å². The number of anilines is 1. The maximum atomic E-state index is 11.8. The zero-order valence-electron chi connectivity index (χ0n) is 12.9. The Hall–Kier alpha value is -1.55. The molecule has 20 heavy (non-hydrogen) atoms. The molecule has 1 unspecified atom stereocenters. The number of hydrogen-bond donors (Lipinski definition) is 2. The molecule has 0 aliphatic heterocycles. The zero-order valence-corrected chi connectivity index (χ0v) is 12.9. The molecule has 0 spiro atoms. The third-order valence-corrected chi connectivity index (χ3v) is 2.97. The van der Waals surface area contributed by atoms with Crippen molar-refractivity contribution in [3.63, 3.8) is 0 Å². The van der Waals surface area contributed by atoms with Crippen LogP contribution in [0, 0.1) is 0 Å². The molecule has 1 aromatic rings. The molecule has 0 aliphatic rings. The third-order valence-electron chi connectivity index (χ3n) is 2.97. The summed E-state index contributed by atoms with van der Waals surface area (Å²) in [5.74, 6) is 0.842. The fraction of sp³-hybridized carbons (Fsp3) is 0.562. The molecule has 1 rings (SSSR count). The van der Waals surface area contributed by atoms with Crippen molar-refractivity contribution in [1.29, 1.82) is 0 Å². The van der Waals surface area contributed by atoms with E-state index in [1.807, 2.05) is 38.1 Å². The van der Waals surface area contributed by atoms with Gasteiger partial charge in [-0.1, -0.05) is 6.92 Å². The van der Waals surface area contributed by atoms with Gasteiger partial charge < -0.3 is 15.4 Å². The second kappa shape index (κ2) is 8.59. The van der Waals surface area contributed by atoms with E-state index < -0.39 is 0 Å². The summed E-state index contributed by atoms with van der Waals surface area (Å²) in [7, 11) is 0. The molecular weight excluding hydrogens is 252 g/mol. The van der Waals surface area contributed by atoms with Crippen molar-refractivity contribution in [2.45, 2.75) is 52.7 Å². The van der Waals surface area contributed by atoms with E-state index in [2.05, 4.69) is 24.5 Å². The molecule has 0 aromatic heterocycles. The summed E-state index contributed by atoms with van der Waals surface area (Å²) in [6, 6.07) is 7.91. The Morgan fingerprint density at radius 1 is 1.20 bits per heavy atom. The highest BCUT2D eigenvalue weighted by molar-refractivity contribution is 5.90. The number of carbonyl (C=O) groups is 1. The standard InChI is InChI=1S/C16H26N2O2/c1-5-13(4)17-11-10-16(19)18-14-6-8-15(9-7-14)20-12(2)3/h6-9,12-13,17H,5,10-11H2,1-4H3,(H,18,19). The van der Waals surface area contributed by atoms with Gasteiger partial charge in [-0.3, -0.25) is 4.79 Å². The van der Waals surface area contributed by atoms with E-state index in [1.54, 1.807) is 0 Å². The molecule has 0 saturated heterocycles. The molecule has 4 heteroatoms. The van der Waals surface area contributed by atoms with Gasteiger partial charge in [0.1, 0.15) is 5.75 Å². The van der Waals surface area contributed by atoms with Crippen LogP contribution in [-0.4, -0.2) is 24.6 Å². The molecule has 0 radical (unpaired) electrons. The van der Waals surface area contributed by atoms with E-state index in [0.717, 1.165) is 17.9 Å². The second-order valence-electron chi connectivity index (χ2n) is 5.25. The summed E-state index contributed by atoms with van der Waals surface area (Å²) in [6.07, 6.45) is 1.70. The Morgan fingerprint density at radius 2 is 1.85 bits per heavy atom. The van der Waals surface area contributed by atoms with Crippen LogP contribution in [0.15, 0.2) is 24.3 Å². The van der Waals surface area contributed by atoms with E-state index in [4.69, 9.17) is 4.74 Å². The van der Waals surface area contributed by atoms with E-state index in [1.165, 1.54) is 0 Å². The van der Waals surface area contributed by atoms with Gasteiger partial charge >= 0.3 is 0 Å². The third kappa shape index (κ3) is 6.57. The highest BCUT2D eigenvalue weighted by Crippen LogP contribution is 2.16. The minimum atomic E-state index is 0.0262. The van der Waals surface area contributed by atoms with Gasteiger partial charge in [0, 0.05) is 24.7 Å². The van der Waals surface area contributed by atoms with Crippen molar-refractivity contribution < 1.29 is 9.53 Å². The number of benzene rings is 1. The molecule has 112 valence electrons. The van der Waals surface area contributed by atoms with Crippen molar-refractivity contribution in [1.82, 2.24) is 5.32 Å². The summed E-state index contributed by atoms with van der Waals surface area (Å²) < 4.78 is 5.56. The first-order valence-corrected chi connectivity index (χ1v) is 7.31. The number of rotatable bonds is 8. The molecule has 1 aromatic carbocycles. The quantitative estimate of drug-likeness (QED) is 0.768. The predicted octanol–water partition coefficient (Wildman–Crippen LogP) is 3.19. The van der Waals surface area contributed by atoms with Crippen LogP contribution in [0.2, 0.25) is 0 Å². The van der Waals surface area contributed by atoms with Gasteiger partial charge in [-0.05, 0) is 51.5 Å². The molecule has 2 N–H and O–H groups in total. The smallest absolute Gasteiger partial charge is 0.225 e. The van der Waals surface area contributed by atoms with Gasteiger partial charge in [0.15, 0.2) is 0 Å². The number of ether oxygens (including phenoxy) is 1. The summed E-state index contributed by atoms with van der Waals surface area (Å²) in [4.78, 5) is 11.8. The maximum Gasteiger partial charge on any atom is 0.225 e. The highest BCUT2D eigenvalue weighted by Gasteiger charge is 2.04. The van der Waals surface area contributed by atoms with Gasteiger partial charge in [0.05, 0.1) is 6.10 Å². The minimum absolute atomic E-state index is 0.0262. The first-order valence-electron chi connectivity index (χ1n) is 7.31. The molecule has 0 saturated carbocycles. The summed E-state index contributed by atoms with van der Waals surface area (Å²) >= 11 is 0. The Kier molecular flexibility index (Phi) is 7.09. The molecule has 1 amide bonds. The summed E-state index contributed by atoms with van der Waals surface area (Å²) in [5.41, 5.74) is 0.801. The second-order valence-corrected chi connectivity index (χ2v) is 5.25. The first kappa shape index (κ1) is 16.5. The number of hydrogen-bond acceptors (Lipinski definition) is 3. The van der Waals surface area contributed by atoms with Crippen LogP contribution >= 0.6 is 0 Å². The Bertz CT molecular complexity index is 401. The average Bonchev–Trinajstić information content (AvgIpc) is 2.40. The largest absolute Gasteiger partial charge is 0.491 e. The molecule has 0 bridgehead atoms. The average molecular weight is 278 g/mol. The zero-order chi connectivity index (χ0) is 15.0. The Morgan fingerprint density at radius 3 is 2.40 bits per heavy atom. The van der Waals surface area contributed by atoms with Crippen LogP contribution in [0.3, 0.4) is 0 Å². The van der Waals surface area contributed by atoms with Gasteiger partial charge in [0.2, 0.25) is 5.91 Å². The highest BCUT2D eigenvalue weighted by atomic mass is 16.5. The number of amides is 1. The lowest BCUT2D eigenvalue weighted by Crippen LogP contribution is -2.28. The van der Waals surface area contributed by atoms with Crippen molar-refractivity contribution in [3.05, 3.63) is 24.3 Å². The van der Waals surface area contributed by atoms with Crippen LogP contribution in [0.4, 0.5) is 5.69 Å². The van der Waals surface area contributed by atoms with Gasteiger partial charge in [0.25, 0.3) is 0 Å². The van der Waals surface area contributed by atoms with Crippen molar-refractivity contribution in [2.24, 2.45) is 0 Å². The first-order chi connectivity index (χ1) is 9.51. The van der Waals surface area contributed by atoms with Crippen LogP contribution in [-0.2, 0) is 4.79 Å². The number of carbonyl (C=O) groups excluding carboxylic acids is 1. The molecular formula is C16H26N2O2. The van der Waals surface area contributed by atoms with Crippen LogP contribution in [0.5, 0.6) is 5.75 Å². The molecule has 1 atom stereocenters. The van der Waals surface area contributed by atoms with Gasteiger partial charge in [-0.2, -0.15) is 0 Å². The lowest BCUT2D eigenvalue weighted by Gasteiger charge is -2.12. The number of nitrogens with one attached hydrogen (secondary N) is 2. The molecule has 0 aliphatic carbocycles. The van der Waals surface area contributed by atoms with E-state index in [-0.39, 0.29) is 12.0 Å². The van der Waals surface area contributed by atoms with Crippen molar-refractivity contribution in [3.8, 4) is 5.75 Å². The van der Waals surface area contributed by atoms with Crippen molar-refractivity contribution in [2.75, 3.05) is 11.9 Å². The fourth-order valence-corrected chi connectivity index (χ4v) is 1.69. The lowest BCUT2D eigenvalue weighted by atomic mass is 10.2. The maximum absolute atomic E-state index is 11.8. The van der Waals surface area contributed by atoms with Crippen molar-refractivity contribution >= 4 is 11.6 Å². The molecule has 0 fully saturated rings. The van der Waals surface area contributed by atoms with Gasteiger partial charge in [-0.25, -0.2) is 0 Å². The predicted molar refractivity (Wildman–Crippen MR) is 83.2 cm³/mol. The van der Waals surface area contributed by atoms with Gasteiger partial charge in [-0.15, -0.1) is 0 Å². The SMILES string of the molecule is CCC(C)NCCC(=O)Nc1ccc(OC(C)C)cc1. The van der Waals surface area contributed by atoms with E-state index in [9.17, 15) is 4.79 Å². The lowest BCUT2D eigenvalue weighted by molar-refractivity contribution is -0.116. The molecule has 4 nitrogen and oxygen atoms in total. The summed E-state index contributed by atoms with van der Waals surface area (Å²) in [5, 5.41) is 6.18.